The van der Waals surface area contributed by atoms with E-state index in [0.717, 1.165) is 0 Å². The summed E-state index contributed by atoms with van der Waals surface area (Å²) in [5, 5.41) is 8.98. The summed E-state index contributed by atoms with van der Waals surface area (Å²) in [5.41, 5.74) is 0.635. The lowest BCUT2D eigenvalue weighted by molar-refractivity contribution is 0.0696. The number of aromatic nitrogens is 1. The van der Waals surface area contributed by atoms with Crippen LogP contribution in [0.1, 0.15) is 35.8 Å². The molecule has 0 saturated heterocycles. The minimum Gasteiger partial charge on any atom is -0.478 e. The summed E-state index contributed by atoms with van der Waals surface area (Å²) in [4.78, 5) is 16.4. The Bertz CT molecular complexity index is 436. The minimum absolute atomic E-state index is 0.0306. The molecule has 0 spiro atoms. The summed E-state index contributed by atoms with van der Waals surface area (Å²) in [5.74, 6) is -0.812. The van der Waals surface area contributed by atoms with E-state index in [9.17, 15) is 13.6 Å². The van der Waals surface area contributed by atoms with Crippen LogP contribution < -0.4 is 4.90 Å². The van der Waals surface area contributed by atoms with Crippen molar-refractivity contribution in [1.29, 1.82) is 0 Å². The van der Waals surface area contributed by atoms with Gasteiger partial charge in [-0.3, -0.25) is 0 Å². The van der Waals surface area contributed by atoms with Gasteiger partial charge in [-0.05, 0) is 18.1 Å². The van der Waals surface area contributed by atoms with E-state index in [1.54, 1.807) is 0 Å². The highest BCUT2D eigenvalue weighted by atomic mass is 19.3. The maximum absolute atomic E-state index is 12.3. The largest absolute Gasteiger partial charge is 0.478 e. The van der Waals surface area contributed by atoms with Gasteiger partial charge in [0.25, 0.3) is 6.43 Å². The van der Waals surface area contributed by atoms with E-state index in [-0.39, 0.29) is 17.3 Å². The summed E-state index contributed by atoms with van der Waals surface area (Å²) in [6, 6.07) is 2.77. The van der Waals surface area contributed by atoms with E-state index in [4.69, 9.17) is 5.11 Å². The molecule has 1 aromatic rings. The monoisotopic (exact) mass is 258 g/mol. The molecule has 0 radical (unpaired) electrons. The molecule has 6 heteroatoms. The highest BCUT2D eigenvalue weighted by Crippen LogP contribution is 2.20. The second kappa shape index (κ2) is 5.75. The van der Waals surface area contributed by atoms with Gasteiger partial charge in [0.15, 0.2) is 0 Å². The number of anilines is 1. The minimum atomic E-state index is -2.49. The average molecular weight is 258 g/mol. The fourth-order valence-electron chi connectivity index (χ4n) is 1.45. The molecular weight excluding hydrogens is 242 g/mol. The first-order valence-corrected chi connectivity index (χ1v) is 5.55. The van der Waals surface area contributed by atoms with Crippen LogP contribution in [0.15, 0.2) is 12.1 Å². The molecule has 0 aromatic carbocycles. The van der Waals surface area contributed by atoms with Crippen molar-refractivity contribution in [1.82, 2.24) is 4.98 Å². The number of aromatic carboxylic acids is 1. The van der Waals surface area contributed by atoms with Crippen molar-refractivity contribution in [3.05, 3.63) is 23.4 Å². The first-order chi connectivity index (χ1) is 8.31. The molecule has 18 heavy (non-hydrogen) atoms. The average Bonchev–Trinajstić information content (AvgIpc) is 2.27. The van der Waals surface area contributed by atoms with Crippen molar-refractivity contribution < 1.29 is 18.7 Å². The maximum atomic E-state index is 12.3. The van der Waals surface area contributed by atoms with Crippen LogP contribution in [0.2, 0.25) is 0 Å². The molecule has 1 heterocycles. The fourth-order valence-corrected chi connectivity index (χ4v) is 1.45. The van der Waals surface area contributed by atoms with E-state index >= 15 is 0 Å². The summed E-state index contributed by atoms with van der Waals surface area (Å²) < 4.78 is 24.6. The fraction of sp³-hybridized carbons (Fsp3) is 0.500. The van der Waals surface area contributed by atoms with Gasteiger partial charge in [0, 0.05) is 12.7 Å². The zero-order chi connectivity index (χ0) is 13.9. The smallest absolute Gasteiger partial charge is 0.335 e. The molecular formula is C12H16F2N2O2. The summed E-state index contributed by atoms with van der Waals surface area (Å²) in [7, 11) is 1.46. The number of nitrogens with zero attached hydrogens (tertiary/aromatic N) is 2. The Morgan fingerprint density at radius 1 is 1.44 bits per heavy atom. The van der Waals surface area contributed by atoms with Crippen LogP contribution in [0.5, 0.6) is 0 Å². The van der Waals surface area contributed by atoms with Gasteiger partial charge in [0.1, 0.15) is 5.82 Å². The number of pyridine rings is 1. The lowest BCUT2D eigenvalue weighted by Gasteiger charge is -2.19. The third kappa shape index (κ3) is 3.65. The highest BCUT2D eigenvalue weighted by Gasteiger charge is 2.15. The number of carboxylic acids is 1. The Hall–Kier alpha value is -1.72. The second-order valence-electron chi connectivity index (χ2n) is 4.37. The molecule has 100 valence electrons. The first kappa shape index (κ1) is 14.3. The SMILES string of the molecule is CC(C)c1cc(C(=O)O)cc(N(C)CC(F)F)n1. The first-order valence-electron chi connectivity index (χ1n) is 5.55. The van der Waals surface area contributed by atoms with E-state index in [2.05, 4.69) is 4.98 Å². The highest BCUT2D eigenvalue weighted by molar-refractivity contribution is 5.88. The summed E-state index contributed by atoms with van der Waals surface area (Å²) >= 11 is 0. The van der Waals surface area contributed by atoms with Crippen LogP contribution in [0.4, 0.5) is 14.6 Å². The summed E-state index contributed by atoms with van der Waals surface area (Å²) in [6.45, 7) is 3.25. The Morgan fingerprint density at radius 2 is 2.06 bits per heavy atom. The van der Waals surface area contributed by atoms with Gasteiger partial charge in [0.2, 0.25) is 0 Å². The van der Waals surface area contributed by atoms with Crippen LogP contribution >= 0.6 is 0 Å². The van der Waals surface area contributed by atoms with Gasteiger partial charge >= 0.3 is 5.97 Å². The quantitative estimate of drug-likeness (QED) is 0.882. The number of alkyl halides is 2. The Balaban J connectivity index is 3.14. The number of carbonyl (C=O) groups is 1. The molecule has 0 saturated carbocycles. The molecule has 1 N–H and O–H groups in total. The molecule has 0 aliphatic heterocycles. The molecule has 1 rings (SSSR count). The zero-order valence-electron chi connectivity index (χ0n) is 10.5. The molecule has 0 aliphatic rings. The van der Waals surface area contributed by atoms with E-state index in [1.165, 1.54) is 24.1 Å². The topological polar surface area (TPSA) is 53.4 Å². The third-order valence-corrected chi connectivity index (χ3v) is 2.47. The van der Waals surface area contributed by atoms with Crippen molar-refractivity contribution in [3.63, 3.8) is 0 Å². The molecule has 0 atom stereocenters. The Kier molecular flexibility index (Phi) is 4.58. The normalized spacial score (nSPS) is 11.1. The second-order valence-corrected chi connectivity index (χ2v) is 4.37. The van der Waals surface area contributed by atoms with Gasteiger partial charge in [-0.25, -0.2) is 18.6 Å². The standard InChI is InChI=1S/C12H16F2N2O2/c1-7(2)9-4-8(12(17)18)5-11(15-9)16(3)6-10(13)14/h4-5,7,10H,6H2,1-3H3,(H,17,18). The summed E-state index contributed by atoms with van der Waals surface area (Å²) in [6.07, 6.45) is -2.49. The van der Waals surface area contributed by atoms with Crippen LogP contribution in [-0.4, -0.2) is 36.1 Å². The van der Waals surface area contributed by atoms with Crippen molar-refractivity contribution >= 4 is 11.8 Å². The van der Waals surface area contributed by atoms with Gasteiger partial charge in [-0.2, -0.15) is 0 Å². The van der Waals surface area contributed by atoms with Gasteiger partial charge in [-0.1, -0.05) is 13.8 Å². The van der Waals surface area contributed by atoms with Gasteiger partial charge in [0.05, 0.1) is 12.1 Å². The van der Waals surface area contributed by atoms with Crippen LogP contribution in [0.3, 0.4) is 0 Å². The molecule has 0 unspecified atom stereocenters. The van der Waals surface area contributed by atoms with Crippen LogP contribution in [0.25, 0.3) is 0 Å². The Morgan fingerprint density at radius 3 is 2.50 bits per heavy atom. The van der Waals surface area contributed by atoms with Crippen LogP contribution in [-0.2, 0) is 0 Å². The molecule has 4 nitrogen and oxygen atoms in total. The van der Waals surface area contributed by atoms with E-state index < -0.39 is 18.9 Å². The zero-order valence-corrected chi connectivity index (χ0v) is 10.5. The molecule has 0 amide bonds. The molecule has 0 bridgehead atoms. The van der Waals surface area contributed by atoms with Crippen molar-refractivity contribution in [2.24, 2.45) is 0 Å². The predicted octanol–water partition coefficient (Wildman–Crippen LogP) is 2.60. The lowest BCUT2D eigenvalue weighted by Crippen LogP contribution is -2.25. The number of halogens is 2. The van der Waals surface area contributed by atoms with Crippen LogP contribution in [0, 0.1) is 0 Å². The lowest BCUT2D eigenvalue weighted by atomic mass is 10.1. The van der Waals surface area contributed by atoms with Crippen molar-refractivity contribution in [3.8, 4) is 0 Å². The van der Waals surface area contributed by atoms with Crippen molar-refractivity contribution in [2.75, 3.05) is 18.5 Å². The van der Waals surface area contributed by atoms with Gasteiger partial charge in [-0.15, -0.1) is 0 Å². The number of hydrogen-bond acceptors (Lipinski definition) is 3. The van der Waals surface area contributed by atoms with E-state index in [0.29, 0.717) is 5.69 Å². The van der Waals surface area contributed by atoms with Crippen molar-refractivity contribution in [2.45, 2.75) is 26.2 Å². The van der Waals surface area contributed by atoms with Gasteiger partial charge < -0.3 is 10.0 Å². The number of hydrogen-bond donors (Lipinski definition) is 1. The number of rotatable bonds is 5. The molecule has 0 fully saturated rings. The third-order valence-electron chi connectivity index (χ3n) is 2.47. The predicted molar refractivity (Wildman–Crippen MR) is 64.6 cm³/mol. The molecule has 1 aromatic heterocycles. The number of carboxylic acid groups (broad SMARTS) is 1. The maximum Gasteiger partial charge on any atom is 0.335 e. The Labute approximate surface area is 104 Å². The van der Waals surface area contributed by atoms with E-state index in [1.807, 2.05) is 13.8 Å². The molecule has 0 aliphatic carbocycles.